The lowest BCUT2D eigenvalue weighted by atomic mass is 10.0. The number of hydrogen-bond donors (Lipinski definition) is 1. The number of fused-ring (bicyclic) bond motifs is 1. The Morgan fingerprint density at radius 2 is 1.81 bits per heavy atom. The normalized spacial score (nSPS) is 11.5. The highest BCUT2D eigenvalue weighted by Gasteiger charge is 2.42. The molecule has 0 fully saturated rings. The van der Waals surface area contributed by atoms with Gasteiger partial charge in [-0.3, -0.25) is 9.59 Å². The van der Waals surface area contributed by atoms with E-state index in [9.17, 15) is 22.8 Å². The molecular formula is C24H15Cl3F3N3O3. The van der Waals surface area contributed by atoms with Gasteiger partial charge in [-0.2, -0.15) is 13.2 Å². The maximum atomic E-state index is 14.5. The molecule has 0 saturated heterocycles. The van der Waals surface area contributed by atoms with Crippen LogP contribution in [-0.2, 0) is 17.5 Å². The van der Waals surface area contributed by atoms with Crippen molar-refractivity contribution >= 4 is 63.1 Å². The van der Waals surface area contributed by atoms with Gasteiger partial charge in [0, 0.05) is 39.4 Å². The van der Waals surface area contributed by atoms with Crippen LogP contribution in [-0.4, -0.2) is 28.4 Å². The fourth-order valence-corrected chi connectivity index (χ4v) is 4.39. The maximum Gasteiger partial charge on any atom is 0.432 e. The van der Waals surface area contributed by atoms with Crippen molar-refractivity contribution < 1.29 is 27.5 Å². The summed E-state index contributed by atoms with van der Waals surface area (Å²) >= 11 is 17.9. The van der Waals surface area contributed by atoms with Crippen LogP contribution in [0.15, 0.2) is 54.7 Å². The summed E-state index contributed by atoms with van der Waals surface area (Å²) in [6.45, 7) is -0.345. The molecule has 1 N–H and O–H groups in total. The zero-order chi connectivity index (χ0) is 26.2. The average molecular weight is 557 g/mol. The molecule has 186 valence electrons. The van der Waals surface area contributed by atoms with Crippen molar-refractivity contribution in [2.45, 2.75) is 12.7 Å². The Labute approximate surface area is 217 Å². The predicted octanol–water partition coefficient (Wildman–Crippen LogP) is 6.89. The predicted molar refractivity (Wildman–Crippen MR) is 131 cm³/mol. The van der Waals surface area contributed by atoms with Gasteiger partial charge in [0.1, 0.15) is 16.6 Å². The molecule has 2 aromatic carbocycles. The number of aromatic nitrogens is 2. The Kier molecular flexibility index (Phi) is 7.17. The minimum Gasteiger partial charge on any atom is -0.497 e. The van der Waals surface area contributed by atoms with Crippen LogP contribution >= 0.6 is 34.8 Å². The zero-order valence-electron chi connectivity index (χ0n) is 18.3. The van der Waals surface area contributed by atoms with Crippen molar-refractivity contribution in [3.05, 3.63) is 86.7 Å². The summed E-state index contributed by atoms with van der Waals surface area (Å²) in [5.41, 5.74) is -1.65. The smallest absolute Gasteiger partial charge is 0.432 e. The highest BCUT2D eigenvalue weighted by atomic mass is 35.5. The van der Waals surface area contributed by atoms with Gasteiger partial charge in [0.25, 0.3) is 11.7 Å². The van der Waals surface area contributed by atoms with Crippen LogP contribution < -0.4 is 10.1 Å². The number of rotatable bonds is 6. The van der Waals surface area contributed by atoms with Crippen molar-refractivity contribution in [1.29, 1.82) is 0 Å². The van der Waals surface area contributed by atoms with Crippen LogP contribution in [0.25, 0.3) is 10.9 Å². The molecule has 0 bridgehead atoms. The number of nitrogens with one attached hydrogen (secondary N) is 1. The van der Waals surface area contributed by atoms with E-state index in [2.05, 4.69) is 10.3 Å². The number of hydrogen-bond acceptors (Lipinski definition) is 4. The van der Waals surface area contributed by atoms with E-state index in [0.717, 1.165) is 4.57 Å². The molecule has 6 nitrogen and oxygen atoms in total. The number of Topliss-reactive ketones (excluding diaryl/α,β-unsaturated/α-hetero) is 1. The molecule has 0 saturated carbocycles. The summed E-state index contributed by atoms with van der Waals surface area (Å²) in [5.74, 6) is -2.48. The number of amides is 1. The minimum atomic E-state index is -5.00. The molecule has 0 aliphatic carbocycles. The summed E-state index contributed by atoms with van der Waals surface area (Å²) in [5, 5.41) is 2.64. The SMILES string of the molecule is COc1ccc2c(c1)c(C(=O)C(=O)Nc1ccnc(Cl)c1)c(C(F)(F)F)n2Cc1ccc(Cl)cc1Cl. The van der Waals surface area contributed by atoms with Gasteiger partial charge in [-0.25, -0.2) is 4.98 Å². The van der Waals surface area contributed by atoms with Gasteiger partial charge in [-0.15, -0.1) is 0 Å². The molecule has 4 aromatic rings. The quantitative estimate of drug-likeness (QED) is 0.159. The Morgan fingerprint density at radius 1 is 1.06 bits per heavy atom. The van der Waals surface area contributed by atoms with E-state index in [1.54, 1.807) is 0 Å². The van der Waals surface area contributed by atoms with E-state index in [-0.39, 0.29) is 39.1 Å². The molecule has 2 aromatic heterocycles. The molecule has 0 radical (unpaired) electrons. The number of anilines is 1. The van der Waals surface area contributed by atoms with Crippen LogP contribution in [0.1, 0.15) is 21.6 Å². The summed E-state index contributed by atoms with van der Waals surface area (Å²) in [7, 11) is 1.33. The third-order valence-electron chi connectivity index (χ3n) is 5.30. The minimum absolute atomic E-state index is 0.0254. The Balaban J connectivity index is 1.91. The Morgan fingerprint density at radius 3 is 2.44 bits per heavy atom. The number of methoxy groups -OCH3 is 1. The number of ether oxygens (including phenoxy) is 1. The fourth-order valence-electron chi connectivity index (χ4n) is 3.75. The first-order valence-electron chi connectivity index (χ1n) is 10.2. The van der Waals surface area contributed by atoms with Gasteiger partial charge < -0.3 is 14.6 Å². The van der Waals surface area contributed by atoms with E-state index in [1.807, 2.05) is 0 Å². The molecule has 0 unspecified atom stereocenters. The van der Waals surface area contributed by atoms with Gasteiger partial charge in [0.2, 0.25) is 0 Å². The van der Waals surface area contributed by atoms with E-state index in [1.165, 1.54) is 61.8 Å². The van der Waals surface area contributed by atoms with Crippen LogP contribution in [0.4, 0.5) is 18.9 Å². The monoisotopic (exact) mass is 555 g/mol. The molecule has 0 aliphatic heterocycles. The van der Waals surface area contributed by atoms with E-state index in [4.69, 9.17) is 39.5 Å². The van der Waals surface area contributed by atoms with Crippen LogP contribution in [0, 0.1) is 0 Å². The molecule has 0 atom stereocenters. The first-order chi connectivity index (χ1) is 17.0. The first-order valence-corrected chi connectivity index (χ1v) is 11.3. The Bertz CT molecular complexity index is 1500. The fraction of sp³-hybridized carbons (Fsp3) is 0.125. The van der Waals surface area contributed by atoms with Crippen molar-refractivity contribution in [3.8, 4) is 5.75 Å². The van der Waals surface area contributed by atoms with Crippen LogP contribution in [0.2, 0.25) is 15.2 Å². The molecule has 2 heterocycles. The van der Waals surface area contributed by atoms with Crippen molar-refractivity contribution in [2.75, 3.05) is 12.4 Å². The number of nitrogens with zero attached hydrogens (tertiary/aromatic N) is 2. The summed E-state index contributed by atoms with van der Waals surface area (Å²) < 4.78 is 49.5. The largest absolute Gasteiger partial charge is 0.497 e. The lowest BCUT2D eigenvalue weighted by molar-refractivity contribution is -0.143. The lowest BCUT2D eigenvalue weighted by Crippen LogP contribution is -2.26. The van der Waals surface area contributed by atoms with E-state index in [0.29, 0.717) is 10.6 Å². The number of halogens is 6. The second-order valence-electron chi connectivity index (χ2n) is 7.58. The molecule has 0 spiro atoms. The highest BCUT2D eigenvalue weighted by Crippen LogP contribution is 2.40. The van der Waals surface area contributed by atoms with E-state index >= 15 is 0 Å². The number of carbonyl (C=O) groups excluding carboxylic acids is 2. The molecule has 4 rings (SSSR count). The number of carbonyl (C=O) groups is 2. The van der Waals surface area contributed by atoms with Crippen LogP contribution in [0.5, 0.6) is 5.75 Å². The Hall–Kier alpha value is -3.27. The lowest BCUT2D eigenvalue weighted by Gasteiger charge is -2.15. The van der Waals surface area contributed by atoms with Gasteiger partial charge in [-0.05, 0) is 48.0 Å². The number of alkyl halides is 3. The second kappa shape index (κ2) is 10.0. The van der Waals surface area contributed by atoms with E-state index < -0.39 is 29.1 Å². The molecule has 1 amide bonds. The van der Waals surface area contributed by atoms with Gasteiger partial charge in [-0.1, -0.05) is 40.9 Å². The molecule has 36 heavy (non-hydrogen) atoms. The molecule has 12 heteroatoms. The van der Waals surface area contributed by atoms with Crippen molar-refractivity contribution in [3.63, 3.8) is 0 Å². The third kappa shape index (κ3) is 5.13. The standard InChI is InChI=1S/C24H15Cl3F3N3O3/c1-36-15-4-5-18-16(10-15)20(21(34)23(35)32-14-6-7-31-19(27)9-14)22(24(28,29)30)33(18)11-12-2-3-13(25)8-17(12)26/h2-10H,11H2,1H3,(H,31,32,35). The van der Waals surface area contributed by atoms with Gasteiger partial charge >= 0.3 is 6.18 Å². The third-order valence-corrected chi connectivity index (χ3v) is 6.09. The maximum absolute atomic E-state index is 14.5. The molecule has 0 aliphatic rings. The number of benzene rings is 2. The van der Waals surface area contributed by atoms with Crippen LogP contribution in [0.3, 0.4) is 0 Å². The zero-order valence-corrected chi connectivity index (χ0v) is 20.6. The summed E-state index contributed by atoms with van der Waals surface area (Å²) in [6.07, 6.45) is -3.73. The average Bonchev–Trinajstić information content (AvgIpc) is 3.14. The van der Waals surface area contributed by atoms with Gasteiger partial charge in [0.15, 0.2) is 0 Å². The summed E-state index contributed by atoms with van der Waals surface area (Å²) in [4.78, 5) is 29.8. The van der Waals surface area contributed by atoms with Crippen molar-refractivity contribution in [1.82, 2.24) is 9.55 Å². The first kappa shape index (κ1) is 25.8. The van der Waals surface area contributed by atoms with Crippen molar-refractivity contribution in [2.24, 2.45) is 0 Å². The summed E-state index contributed by atoms with van der Waals surface area (Å²) in [6, 6.07) is 11.1. The second-order valence-corrected chi connectivity index (χ2v) is 8.81. The number of pyridine rings is 1. The topological polar surface area (TPSA) is 73.2 Å². The van der Waals surface area contributed by atoms with Gasteiger partial charge in [0.05, 0.1) is 12.7 Å². The molecular weight excluding hydrogens is 542 g/mol. The highest BCUT2D eigenvalue weighted by molar-refractivity contribution is 6.49. The number of ketones is 1.